The molecule has 0 spiro atoms. The van der Waals surface area contributed by atoms with Gasteiger partial charge >= 0.3 is 5.97 Å². The number of amides is 1. The van der Waals surface area contributed by atoms with Gasteiger partial charge in [0.25, 0.3) is 0 Å². The summed E-state index contributed by atoms with van der Waals surface area (Å²) in [7, 11) is 1.61. The average molecular weight is 362 g/mol. The zero-order chi connectivity index (χ0) is 18.4. The number of carbonyl (C=O) groups excluding carboxylic acids is 1. The van der Waals surface area contributed by atoms with Crippen molar-refractivity contribution in [3.63, 3.8) is 0 Å². The molecule has 25 heavy (non-hydrogen) atoms. The molecule has 1 aromatic heterocycles. The maximum absolute atomic E-state index is 12.1. The SMILES string of the molecule is COc1ccc(-c2nc(CC(=O)N[C@H](CC(C)C)C(=O)O)cs2)cc1. The van der Waals surface area contributed by atoms with E-state index in [4.69, 9.17) is 4.74 Å². The van der Waals surface area contributed by atoms with Gasteiger partial charge in [0.15, 0.2) is 0 Å². The van der Waals surface area contributed by atoms with Gasteiger partial charge in [-0.25, -0.2) is 9.78 Å². The molecule has 0 aliphatic heterocycles. The van der Waals surface area contributed by atoms with E-state index in [9.17, 15) is 14.7 Å². The first-order chi connectivity index (χ1) is 11.9. The van der Waals surface area contributed by atoms with E-state index in [2.05, 4.69) is 10.3 Å². The average Bonchev–Trinajstić information content (AvgIpc) is 3.02. The molecule has 0 bridgehead atoms. The third-order valence-electron chi connectivity index (χ3n) is 3.57. The topological polar surface area (TPSA) is 88.5 Å². The van der Waals surface area contributed by atoms with Crippen molar-refractivity contribution in [2.45, 2.75) is 32.7 Å². The van der Waals surface area contributed by atoms with Gasteiger partial charge in [0.2, 0.25) is 5.91 Å². The summed E-state index contributed by atoms with van der Waals surface area (Å²) in [6, 6.07) is 6.65. The van der Waals surface area contributed by atoms with Gasteiger partial charge in [-0.2, -0.15) is 0 Å². The molecule has 7 heteroatoms. The first kappa shape index (κ1) is 18.9. The minimum Gasteiger partial charge on any atom is -0.497 e. The lowest BCUT2D eigenvalue weighted by molar-refractivity contribution is -0.142. The van der Waals surface area contributed by atoms with Crippen molar-refractivity contribution >= 4 is 23.2 Å². The van der Waals surface area contributed by atoms with E-state index >= 15 is 0 Å². The Morgan fingerprint density at radius 1 is 1.28 bits per heavy atom. The number of rotatable bonds is 8. The number of hydrogen-bond acceptors (Lipinski definition) is 5. The van der Waals surface area contributed by atoms with E-state index in [0.29, 0.717) is 12.1 Å². The van der Waals surface area contributed by atoms with Gasteiger partial charge in [-0.3, -0.25) is 4.79 Å². The van der Waals surface area contributed by atoms with Crippen LogP contribution >= 0.6 is 11.3 Å². The standard InChI is InChI=1S/C18H22N2O4S/c1-11(2)8-15(18(22)23)20-16(21)9-13-10-25-17(19-13)12-4-6-14(24-3)7-5-12/h4-7,10-11,15H,8-9H2,1-3H3,(H,20,21)(H,22,23)/t15-/m1/s1. The first-order valence-corrected chi connectivity index (χ1v) is 8.88. The second-order valence-corrected chi connectivity index (χ2v) is 7.00. The Morgan fingerprint density at radius 3 is 2.52 bits per heavy atom. The Hall–Kier alpha value is -2.41. The largest absolute Gasteiger partial charge is 0.497 e. The van der Waals surface area contributed by atoms with Gasteiger partial charge in [-0.1, -0.05) is 13.8 Å². The van der Waals surface area contributed by atoms with Crippen molar-refractivity contribution in [2.75, 3.05) is 7.11 Å². The minimum atomic E-state index is -1.01. The third-order valence-corrected chi connectivity index (χ3v) is 4.51. The predicted molar refractivity (Wildman–Crippen MR) is 96.8 cm³/mol. The molecular formula is C18H22N2O4S. The van der Waals surface area contributed by atoms with E-state index < -0.39 is 12.0 Å². The number of benzene rings is 1. The Bertz CT molecular complexity index is 725. The third kappa shape index (κ3) is 5.56. The van der Waals surface area contributed by atoms with E-state index in [-0.39, 0.29) is 18.2 Å². The number of hydrogen-bond donors (Lipinski definition) is 2. The van der Waals surface area contributed by atoms with Gasteiger partial charge in [0.1, 0.15) is 16.8 Å². The highest BCUT2D eigenvalue weighted by Gasteiger charge is 2.21. The maximum atomic E-state index is 12.1. The summed E-state index contributed by atoms with van der Waals surface area (Å²) in [5.74, 6) is -0.397. The molecule has 2 aromatic rings. The number of ether oxygens (including phenoxy) is 1. The van der Waals surface area contributed by atoms with Crippen molar-refractivity contribution < 1.29 is 19.4 Å². The van der Waals surface area contributed by atoms with Crippen molar-refractivity contribution in [3.8, 4) is 16.3 Å². The zero-order valence-electron chi connectivity index (χ0n) is 14.5. The van der Waals surface area contributed by atoms with Gasteiger partial charge in [-0.05, 0) is 36.6 Å². The molecule has 0 radical (unpaired) electrons. The molecule has 134 valence electrons. The first-order valence-electron chi connectivity index (χ1n) is 8.00. The Balaban J connectivity index is 1.99. The quantitative estimate of drug-likeness (QED) is 0.754. The van der Waals surface area contributed by atoms with Crippen LogP contribution in [0.25, 0.3) is 10.6 Å². The van der Waals surface area contributed by atoms with Crippen LogP contribution in [0.3, 0.4) is 0 Å². The summed E-state index contributed by atoms with van der Waals surface area (Å²) < 4.78 is 5.13. The van der Waals surface area contributed by atoms with Crippen LogP contribution in [-0.2, 0) is 16.0 Å². The fourth-order valence-corrected chi connectivity index (χ4v) is 3.18. The van der Waals surface area contributed by atoms with Gasteiger partial charge in [-0.15, -0.1) is 11.3 Å². The summed E-state index contributed by atoms with van der Waals surface area (Å²) in [6.45, 7) is 3.84. The van der Waals surface area contributed by atoms with Crippen LogP contribution in [0.15, 0.2) is 29.6 Å². The number of aromatic nitrogens is 1. The van der Waals surface area contributed by atoms with E-state index in [0.717, 1.165) is 16.3 Å². The zero-order valence-corrected chi connectivity index (χ0v) is 15.3. The van der Waals surface area contributed by atoms with E-state index in [1.165, 1.54) is 11.3 Å². The highest BCUT2D eigenvalue weighted by molar-refractivity contribution is 7.13. The van der Waals surface area contributed by atoms with Crippen LogP contribution in [0.4, 0.5) is 0 Å². The molecule has 0 fully saturated rings. The van der Waals surface area contributed by atoms with Crippen LogP contribution in [0.1, 0.15) is 26.0 Å². The normalized spacial score (nSPS) is 12.0. The van der Waals surface area contributed by atoms with Gasteiger partial charge < -0.3 is 15.2 Å². The van der Waals surface area contributed by atoms with Crippen LogP contribution < -0.4 is 10.1 Å². The minimum absolute atomic E-state index is 0.0640. The summed E-state index contributed by atoms with van der Waals surface area (Å²) in [5, 5.41) is 14.4. The molecule has 1 heterocycles. The molecule has 2 N–H and O–H groups in total. The lowest BCUT2D eigenvalue weighted by Crippen LogP contribution is -2.42. The highest BCUT2D eigenvalue weighted by Crippen LogP contribution is 2.25. The maximum Gasteiger partial charge on any atom is 0.326 e. The number of nitrogens with one attached hydrogen (secondary N) is 1. The van der Waals surface area contributed by atoms with Crippen LogP contribution in [0, 0.1) is 5.92 Å². The molecule has 1 aromatic carbocycles. The molecular weight excluding hydrogens is 340 g/mol. The van der Waals surface area contributed by atoms with Crippen LogP contribution in [0.2, 0.25) is 0 Å². The second kappa shape index (κ2) is 8.62. The van der Waals surface area contributed by atoms with Crippen molar-refractivity contribution in [2.24, 2.45) is 5.92 Å². The van der Waals surface area contributed by atoms with Crippen molar-refractivity contribution in [1.82, 2.24) is 10.3 Å². The van der Waals surface area contributed by atoms with Crippen molar-refractivity contribution in [1.29, 1.82) is 0 Å². The lowest BCUT2D eigenvalue weighted by Gasteiger charge is -2.16. The van der Waals surface area contributed by atoms with E-state index in [1.807, 2.05) is 43.5 Å². The smallest absolute Gasteiger partial charge is 0.326 e. The molecule has 0 saturated heterocycles. The summed E-state index contributed by atoms with van der Waals surface area (Å²) >= 11 is 1.45. The molecule has 2 rings (SSSR count). The number of nitrogens with zero attached hydrogens (tertiary/aromatic N) is 1. The molecule has 0 unspecified atom stereocenters. The summed E-state index contributed by atoms with van der Waals surface area (Å²) in [5.41, 5.74) is 1.57. The van der Waals surface area contributed by atoms with Gasteiger partial charge in [0.05, 0.1) is 19.2 Å². The highest BCUT2D eigenvalue weighted by atomic mass is 32.1. The lowest BCUT2D eigenvalue weighted by atomic mass is 10.0. The monoisotopic (exact) mass is 362 g/mol. The molecule has 6 nitrogen and oxygen atoms in total. The summed E-state index contributed by atoms with van der Waals surface area (Å²) in [4.78, 5) is 27.8. The molecule has 1 amide bonds. The molecule has 1 atom stereocenters. The van der Waals surface area contributed by atoms with Crippen molar-refractivity contribution in [3.05, 3.63) is 35.3 Å². The number of carboxylic acid groups (broad SMARTS) is 1. The number of carbonyl (C=O) groups is 2. The van der Waals surface area contributed by atoms with Crippen LogP contribution in [0.5, 0.6) is 5.75 Å². The fraction of sp³-hybridized carbons (Fsp3) is 0.389. The van der Waals surface area contributed by atoms with Gasteiger partial charge in [0, 0.05) is 10.9 Å². The Morgan fingerprint density at radius 2 is 1.96 bits per heavy atom. The van der Waals surface area contributed by atoms with E-state index in [1.54, 1.807) is 7.11 Å². The predicted octanol–water partition coefficient (Wildman–Crippen LogP) is 2.98. The number of methoxy groups -OCH3 is 1. The number of aliphatic carboxylic acids is 1. The Kier molecular flexibility index (Phi) is 6.52. The second-order valence-electron chi connectivity index (χ2n) is 6.14. The molecule has 0 saturated carbocycles. The summed E-state index contributed by atoms with van der Waals surface area (Å²) in [6.07, 6.45) is 0.462. The number of carboxylic acids is 1. The molecule has 0 aliphatic rings. The number of thiazole rings is 1. The fourth-order valence-electron chi connectivity index (χ4n) is 2.36. The van der Waals surface area contributed by atoms with Crippen LogP contribution in [-0.4, -0.2) is 35.1 Å². The molecule has 0 aliphatic carbocycles. The Labute approximate surface area is 150 Å².